The Labute approximate surface area is 106 Å². The largest absolute Gasteiger partial charge is 0.481 e. The Morgan fingerprint density at radius 2 is 2.11 bits per heavy atom. The van der Waals surface area contributed by atoms with Crippen molar-refractivity contribution in [3.63, 3.8) is 0 Å². The lowest BCUT2D eigenvalue weighted by Crippen LogP contribution is -2.28. The van der Waals surface area contributed by atoms with Crippen LogP contribution < -0.4 is 10.6 Å². The zero-order valence-electron chi connectivity index (χ0n) is 10.6. The van der Waals surface area contributed by atoms with Crippen molar-refractivity contribution in [3.8, 4) is 0 Å². The molecule has 5 nitrogen and oxygen atoms in total. The summed E-state index contributed by atoms with van der Waals surface area (Å²) in [7, 11) is 1.79. The number of amides is 1. The van der Waals surface area contributed by atoms with E-state index in [0.29, 0.717) is 17.8 Å². The molecule has 0 aliphatic carbocycles. The second kappa shape index (κ2) is 6.76. The molecule has 0 aliphatic heterocycles. The molecule has 98 valence electrons. The molecule has 1 unspecified atom stereocenters. The first kappa shape index (κ1) is 14.2. The lowest BCUT2D eigenvalue weighted by Gasteiger charge is -2.12. The molecule has 0 aliphatic rings. The van der Waals surface area contributed by atoms with E-state index < -0.39 is 5.97 Å². The van der Waals surface area contributed by atoms with Gasteiger partial charge >= 0.3 is 5.97 Å². The van der Waals surface area contributed by atoms with Crippen LogP contribution >= 0.6 is 0 Å². The van der Waals surface area contributed by atoms with Crippen LogP contribution in [0.3, 0.4) is 0 Å². The smallest absolute Gasteiger partial charge is 0.307 e. The third-order valence-corrected chi connectivity index (χ3v) is 2.51. The molecule has 0 heterocycles. The molecule has 18 heavy (non-hydrogen) atoms. The van der Waals surface area contributed by atoms with Crippen molar-refractivity contribution in [3.05, 3.63) is 29.8 Å². The van der Waals surface area contributed by atoms with E-state index in [-0.39, 0.29) is 18.2 Å². The highest BCUT2D eigenvalue weighted by Gasteiger charge is 2.12. The first-order valence-corrected chi connectivity index (χ1v) is 5.79. The summed E-state index contributed by atoms with van der Waals surface area (Å²) < 4.78 is 0. The van der Waals surface area contributed by atoms with Crippen LogP contribution in [0.25, 0.3) is 0 Å². The lowest BCUT2D eigenvalue weighted by molar-refractivity contribution is -0.136. The van der Waals surface area contributed by atoms with E-state index in [2.05, 4.69) is 10.6 Å². The molecule has 1 amide bonds. The number of anilines is 1. The van der Waals surface area contributed by atoms with Gasteiger partial charge < -0.3 is 15.7 Å². The minimum atomic E-state index is -0.887. The van der Waals surface area contributed by atoms with Crippen LogP contribution in [0.1, 0.15) is 12.5 Å². The molecule has 1 aromatic carbocycles. The third kappa shape index (κ3) is 4.55. The van der Waals surface area contributed by atoms with Crippen LogP contribution in [0.5, 0.6) is 0 Å². The van der Waals surface area contributed by atoms with Crippen molar-refractivity contribution >= 4 is 17.6 Å². The van der Waals surface area contributed by atoms with Crippen molar-refractivity contribution in [1.29, 1.82) is 0 Å². The van der Waals surface area contributed by atoms with Crippen molar-refractivity contribution in [2.75, 3.05) is 18.9 Å². The number of carbonyl (C=O) groups excluding carboxylic acids is 1. The van der Waals surface area contributed by atoms with E-state index in [9.17, 15) is 9.59 Å². The number of hydrogen-bond donors (Lipinski definition) is 3. The first-order valence-electron chi connectivity index (χ1n) is 5.79. The minimum Gasteiger partial charge on any atom is -0.481 e. The molecule has 1 atom stereocenters. The minimum absolute atomic E-state index is 0.0459. The van der Waals surface area contributed by atoms with E-state index in [1.165, 1.54) is 0 Å². The summed E-state index contributed by atoms with van der Waals surface area (Å²) in [4.78, 5) is 22.4. The van der Waals surface area contributed by atoms with Gasteiger partial charge in [0.25, 0.3) is 0 Å². The standard InChI is InChI=1S/C13H18N2O3/c1-9(8-14-2)13(18)15-11-5-3-4-10(6-11)7-12(16)17/h3-6,9,14H,7-8H2,1-2H3,(H,15,18)(H,16,17). The van der Waals surface area contributed by atoms with E-state index in [0.717, 1.165) is 0 Å². The summed E-state index contributed by atoms with van der Waals surface area (Å²) in [6.45, 7) is 2.42. The SMILES string of the molecule is CNCC(C)C(=O)Nc1cccc(CC(=O)O)c1. The van der Waals surface area contributed by atoms with Gasteiger partial charge in [-0.2, -0.15) is 0 Å². The molecule has 0 bridgehead atoms. The molecule has 0 aromatic heterocycles. The van der Waals surface area contributed by atoms with Crippen LogP contribution in [0, 0.1) is 5.92 Å². The number of aliphatic carboxylic acids is 1. The van der Waals surface area contributed by atoms with Gasteiger partial charge in [0.15, 0.2) is 0 Å². The van der Waals surface area contributed by atoms with Crippen LogP contribution in [-0.4, -0.2) is 30.6 Å². The Morgan fingerprint density at radius 1 is 1.39 bits per heavy atom. The van der Waals surface area contributed by atoms with Gasteiger partial charge in [-0.3, -0.25) is 9.59 Å². The maximum Gasteiger partial charge on any atom is 0.307 e. The fraction of sp³-hybridized carbons (Fsp3) is 0.385. The van der Waals surface area contributed by atoms with Crippen LogP contribution in [0.4, 0.5) is 5.69 Å². The van der Waals surface area contributed by atoms with Gasteiger partial charge in [0.2, 0.25) is 5.91 Å². The summed E-state index contributed by atoms with van der Waals surface area (Å²) in [5.74, 6) is -1.11. The fourth-order valence-electron chi connectivity index (χ4n) is 1.60. The maximum absolute atomic E-state index is 11.8. The van der Waals surface area contributed by atoms with Gasteiger partial charge in [-0.1, -0.05) is 19.1 Å². The van der Waals surface area contributed by atoms with Gasteiger partial charge in [-0.05, 0) is 24.7 Å². The van der Waals surface area contributed by atoms with E-state index in [4.69, 9.17) is 5.11 Å². The van der Waals surface area contributed by atoms with Crippen LogP contribution in [-0.2, 0) is 16.0 Å². The molecule has 0 saturated carbocycles. The number of hydrogen-bond acceptors (Lipinski definition) is 3. The topological polar surface area (TPSA) is 78.4 Å². The quantitative estimate of drug-likeness (QED) is 0.706. The fourth-order valence-corrected chi connectivity index (χ4v) is 1.60. The second-order valence-electron chi connectivity index (χ2n) is 4.22. The Hall–Kier alpha value is -1.88. The Balaban J connectivity index is 2.67. The normalized spacial score (nSPS) is 11.9. The molecule has 0 spiro atoms. The van der Waals surface area contributed by atoms with Crippen molar-refractivity contribution in [1.82, 2.24) is 5.32 Å². The molecular formula is C13H18N2O3. The van der Waals surface area contributed by atoms with E-state index in [1.807, 2.05) is 6.92 Å². The Kier molecular flexibility index (Phi) is 5.32. The number of rotatable bonds is 6. The van der Waals surface area contributed by atoms with Crippen molar-refractivity contribution in [2.45, 2.75) is 13.3 Å². The lowest BCUT2D eigenvalue weighted by atomic mass is 10.1. The van der Waals surface area contributed by atoms with E-state index >= 15 is 0 Å². The van der Waals surface area contributed by atoms with Crippen molar-refractivity contribution in [2.24, 2.45) is 5.92 Å². The van der Waals surface area contributed by atoms with E-state index in [1.54, 1.807) is 31.3 Å². The summed E-state index contributed by atoms with van der Waals surface area (Å²) in [5.41, 5.74) is 1.29. The summed E-state index contributed by atoms with van der Waals surface area (Å²) in [5, 5.41) is 14.4. The summed E-state index contributed by atoms with van der Waals surface area (Å²) >= 11 is 0. The number of benzene rings is 1. The predicted octanol–water partition coefficient (Wildman–Crippen LogP) is 1.11. The van der Waals surface area contributed by atoms with Gasteiger partial charge in [-0.15, -0.1) is 0 Å². The van der Waals surface area contributed by atoms with Crippen LogP contribution in [0.15, 0.2) is 24.3 Å². The molecule has 3 N–H and O–H groups in total. The highest BCUT2D eigenvalue weighted by Crippen LogP contribution is 2.12. The highest BCUT2D eigenvalue weighted by molar-refractivity contribution is 5.92. The zero-order valence-corrected chi connectivity index (χ0v) is 10.6. The van der Waals surface area contributed by atoms with Gasteiger partial charge in [-0.25, -0.2) is 0 Å². The van der Waals surface area contributed by atoms with Gasteiger partial charge in [0.1, 0.15) is 0 Å². The predicted molar refractivity (Wildman–Crippen MR) is 69.5 cm³/mol. The highest BCUT2D eigenvalue weighted by atomic mass is 16.4. The maximum atomic E-state index is 11.8. The number of carbonyl (C=O) groups is 2. The molecular weight excluding hydrogens is 232 g/mol. The molecule has 0 saturated heterocycles. The zero-order chi connectivity index (χ0) is 13.5. The number of carboxylic acids is 1. The second-order valence-corrected chi connectivity index (χ2v) is 4.22. The first-order chi connectivity index (χ1) is 8.52. The Morgan fingerprint density at radius 3 is 2.72 bits per heavy atom. The average molecular weight is 250 g/mol. The van der Waals surface area contributed by atoms with Gasteiger partial charge in [0, 0.05) is 18.2 Å². The summed E-state index contributed by atoms with van der Waals surface area (Å²) in [6.07, 6.45) is -0.0459. The molecule has 5 heteroatoms. The van der Waals surface area contributed by atoms with Gasteiger partial charge in [0.05, 0.1) is 6.42 Å². The van der Waals surface area contributed by atoms with Crippen LogP contribution in [0.2, 0.25) is 0 Å². The molecule has 0 radical (unpaired) electrons. The third-order valence-electron chi connectivity index (χ3n) is 2.51. The molecule has 1 rings (SSSR count). The monoisotopic (exact) mass is 250 g/mol. The van der Waals surface area contributed by atoms with Crippen molar-refractivity contribution < 1.29 is 14.7 Å². The number of carboxylic acid groups (broad SMARTS) is 1. The Bertz CT molecular complexity index is 432. The summed E-state index contributed by atoms with van der Waals surface area (Å²) in [6, 6.07) is 6.88. The molecule has 0 fully saturated rings. The average Bonchev–Trinajstić information content (AvgIpc) is 2.28. The number of nitrogens with one attached hydrogen (secondary N) is 2. The molecule has 1 aromatic rings.